The Labute approximate surface area is 223 Å². The first-order valence-corrected chi connectivity index (χ1v) is 12.6. The minimum atomic E-state index is -0.299. The fourth-order valence-electron chi connectivity index (χ4n) is 3.87. The molecule has 0 aliphatic rings. The zero-order valence-corrected chi connectivity index (χ0v) is 21.9. The molecule has 0 aromatic heterocycles. The van der Waals surface area contributed by atoms with Gasteiger partial charge in [0.25, 0.3) is 5.91 Å². The first kappa shape index (κ1) is 26.1. The number of amides is 1. The summed E-state index contributed by atoms with van der Waals surface area (Å²) in [5.41, 5.74) is 2.84. The maximum atomic E-state index is 13.3. The second kappa shape index (κ2) is 12.3. The summed E-state index contributed by atoms with van der Waals surface area (Å²) < 4.78 is 18.0. The highest BCUT2D eigenvalue weighted by molar-refractivity contribution is 6.31. The number of carbonyl (C=O) groups excluding carboxylic acids is 1. The fourth-order valence-corrected chi connectivity index (χ4v) is 4.05. The fraction of sp³-hybridized carbons (Fsp3) is 0.194. The minimum Gasteiger partial charge on any atom is -0.493 e. The van der Waals surface area contributed by atoms with E-state index in [0.29, 0.717) is 46.0 Å². The third-order valence-corrected chi connectivity index (χ3v) is 5.94. The average molecular weight is 516 g/mol. The van der Waals surface area contributed by atoms with Crippen molar-refractivity contribution in [2.75, 3.05) is 11.9 Å². The van der Waals surface area contributed by atoms with Gasteiger partial charge in [0.2, 0.25) is 0 Å². The molecule has 0 saturated carbocycles. The van der Waals surface area contributed by atoms with Crippen molar-refractivity contribution in [3.05, 3.63) is 113 Å². The maximum absolute atomic E-state index is 13.3. The Morgan fingerprint density at radius 2 is 1.57 bits per heavy atom. The summed E-state index contributed by atoms with van der Waals surface area (Å²) in [6, 6.07) is 27.8. The van der Waals surface area contributed by atoms with Crippen LogP contribution in [0.25, 0.3) is 0 Å². The van der Waals surface area contributed by atoms with Crippen LogP contribution in [-0.2, 0) is 6.61 Å². The van der Waals surface area contributed by atoms with E-state index in [0.717, 1.165) is 16.9 Å². The second-order valence-corrected chi connectivity index (χ2v) is 9.18. The number of carbonyl (C=O) groups is 1. The number of ether oxygens (including phenoxy) is 3. The molecule has 0 aliphatic heterocycles. The maximum Gasteiger partial charge on any atom is 0.255 e. The van der Waals surface area contributed by atoms with Gasteiger partial charge >= 0.3 is 0 Å². The smallest absolute Gasteiger partial charge is 0.255 e. The molecule has 0 atom stereocenters. The monoisotopic (exact) mass is 515 g/mol. The van der Waals surface area contributed by atoms with Crippen molar-refractivity contribution in [2.24, 2.45) is 0 Å². The van der Waals surface area contributed by atoms with Gasteiger partial charge in [-0.15, -0.1) is 0 Å². The van der Waals surface area contributed by atoms with E-state index in [1.165, 1.54) is 0 Å². The normalized spacial score (nSPS) is 10.7. The van der Waals surface area contributed by atoms with Crippen LogP contribution in [-0.4, -0.2) is 12.5 Å². The zero-order valence-electron chi connectivity index (χ0n) is 21.2. The standard InChI is InChI=1S/C31H30ClNO4/c1-4-35-28-16-14-22(18-23(28)20-36-29-13-9-8-12-26(29)21(2)3)31(34)33-27-19-24(32)15-17-30(27)37-25-10-6-5-7-11-25/h5-19,21H,4,20H2,1-3H3,(H,33,34). The molecule has 0 bridgehead atoms. The number of hydrogen-bond acceptors (Lipinski definition) is 4. The average Bonchev–Trinajstić information content (AvgIpc) is 2.90. The van der Waals surface area contributed by atoms with Crippen LogP contribution in [0.5, 0.6) is 23.0 Å². The molecule has 190 valence electrons. The second-order valence-electron chi connectivity index (χ2n) is 8.75. The van der Waals surface area contributed by atoms with Gasteiger partial charge in [-0.25, -0.2) is 0 Å². The van der Waals surface area contributed by atoms with Gasteiger partial charge in [0.1, 0.15) is 23.9 Å². The lowest BCUT2D eigenvalue weighted by Gasteiger charge is -2.17. The third-order valence-electron chi connectivity index (χ3n) is 5.71. The molecule has 0 saturated heterocycles. The number of benzene rings is 4. The number of para-hydroxylation sites is 2. The molecular formula is C31H30ClNO4. The molecule has 0 aliphatic carbocycles. The van der Waals surface area contributed by atoms with E-state index in [2.05, 4.69) is 25.2 Å². The lowest BCUT2D eigenvalue weighted by Crippen LogP contribution is -2.14. The van der Waals surface area contributed by atoms with Crippen molar-refractivity contribution in [1.82, 2.24) is 0 Å². The predicted molar refractivity (Wildman–Crippen MR) is 148 cm³/mol. The van der Waals surface area contributed by atoms with E-state index in [9.17, 15) is 4.79 Å². The quantitative estimate of drug-likeness (QED) is 0.230. The lowest BCUT2D eigenvalue weighted by molar-refractivity contribution is 0.102. The van der Waals surface area contributed by atoms with Crippen molar-refractivity contribution in [2.45, 2.75) is 33.3 Å². The number of halogens is 1. The molecule has 37 heavy (non-hydrogen) atoms. The van der Waals surface area contributed by atoms with E-state index in [-0.39, 0.29) is 12.5 Å². The van der Waals surface area contributed by atoms with Crippen molar-refractivity contribution in [1.29, 1.82) is 0 Å². The summed E-state index contributed by atoms with van der Waals surface area (Å²) in [4.78, 5) is 13.3. The number of anilines is 1. The molecule has 0 unspecified atom stereocenters. The summed E-state index contributed by atoms with van der Waals surface area (Å²) in [5.74, 6) is 2.66. The zero-order chi connectivity index (χ0) is 26.2. The van der Waals surface area contributed by atoms with Crippen LogP contribution in [0.15, 0.2) is 91.0 Å². The molecule has 5 nitrogen and oxygen atoms in total. The largest absolute Gasteiger partial charge is 0.493 e. The van der Waals surface area contributed by atoms with Gasteiger partial charge in [-0.3, -0.25) is 4.79 Å². The van der Waals surface area contributed by atoms with Crippen LogP contribution < -0.4 is 19.5 Å². The van der Waals surface area contributed by atoms with E-state index in [4.69, 9.17) is 25.8 Å². The Bertz CT molecular complexity index is 1350. The van der Waals surface area contributed by atoms with E-state index in [1.54, 1.807) is 36.4 Å². The van der Waals surface area contributed by atoms with Gasteiger partial charge in [-0.2, -0.15) is 0 Å². The van der Waals surface area contributed by atoms with Gasteiger partial charge in [-0.05, 0) is 73.0 Å². The highest BCUT2D eigenvalue weighted by atomic mass is 35.5. The summed E-state index contributed by atoms with van der Waals surface area (Å²) in [6.45, 7) is 6.95. The molecule has 4 rings (SSSR count). The van der Waals surface area contributed by atoms with Gasteiger partial charge < -0.3 is 19.5 Å². The van der Waals surface area contributed by atoms with Crippen LogP contribution >= 0.6 is 11.6 Å². The summed E-state index contributed by atoms with van der Waals surface area (Å²) >= 11 is 6.22. The van der Waals surface area contributed by atoms with Gasteiger partial charge in [0.15, 0.2) is 5.75 Å². The van der Waals surface area contributed by atoms with Crippen molar-refractivity contribution in [3.63, 3.8) is 0 Å². The van der Waals surface area contributed by atoms with Crippen LogP contribution in [0.3, 0.4) is 0 Å². The number of nitrogens with one attached hydrogen (secondary N) is 1. The first-order chi connectivity index (χ1) is 17.9. The topological polar surface area (TPSA) is 56.8 Å². The number of hydrogen-bond donors (Lipinski definition) is 1. The van der Waals surface area contributed by atoms with Crippen LogP contribution in [0.1, 0.15) is 48.2 Å². The number of rotatable bonds is 10. The van der Waals surface area contributed by atoms with Crippen molar-refractivity contribution >= 4 is 23.2 Å². The van der Waals surface area contributed by atoms with Crippen molar-refractivity contribution < 1.29 is 19.0 Å². The van der Waals surface area contributed by atoms with Crippen LogP contribution in [0.2, 0.25) is 5.02 Å². The van der Waals surface area contributed by atoms with Crippen molar-refractivity contribution in [3.8, 4) is 23.0 Å². The molecule has 0 heterocycles. The molecule has 1 amide bonds. The minimum absolute atomic E-state index is 0.264. The van der Waals surface area contributed by atoms with Crippen LogP contribution in [0.4, 0.5) is 5.69 Å². The Morgan fingerprint density at radius 3 is 2.32 bits per heavy atom. The molecule has 6 heteroatoms. The Kier molecular flexibility index (Phi) is 8.70. The Hall–Kier alpha value is -3.96. The highest BCUT2D eigenvalue weighted by Crippen LogP contribution is 2.33. The Morgan fingerprint density at radius 1 is 0.838 bits per heavy atom. The summed E-state index contributed by atoms with van der Waals surface area (Å²) in [6.07, 6.45) is 0. The molecule has 0 fully saturated rings. The summed E-state index contributed by atoms with van der Waals surface area (Å²) in [7, 11) is 0. The molecular weight excluding hydrogens is 486 g/mol. The first-order valence-electron chi connectivity index (χ1n) is 12.3. The molecule has 1 N–H and O–H groups in total. The van der Waals surface area contributed by atoms with E-state index >= 15 is 0 Å². The highest BCUT2D eigenvalue weighted by Gasteiger charge is 2.16. The third kappa shape index (κ3) is 6.83. The van der Waals surface area contributed by atoms with Gasteiger partial charge in [0.05, 0.1) is 12.3 Å². The Balaban J connectivity index is 1.56. The van der Waals surface area contributed by atoms with Gasteiger partial charge in [0, 0.05) is 16.1 Å². The van der Waals surface area contributed by atoms with Crippen LogP contribution in [0, 0.1) is 0 Å². The molecule has 0 spiro atoms. The SMILES string of the molecule is CCOc1ccc(C(=O)Nc2cc(Cl)ccc2Oc2ccccc2)cc1COc1ccccc1C(C)C. The van der Waals surface area contributed by atoms with E-state index in [1.807, 2.05) is 55.5 Å². The molecule has 4 aromatic rings. The molecule has 0 radical (unpaired) electrons. The predicted octanol–water partition coefficient (Wildman–Crippen LogP) is 8.49. The van der Waals surface area contributed by atoms with Gasteiger partial charge in [-0.1, -0.05) is 61.8 Å². The summed E-state index contributed by atoms with van der Waals surface area (Å²) in [5, 5.41) is 3.42. The van der Waals surface area contributed by atoms with E-state index < -0.39 is 0 Å². The molecule has 4 aromatic carbocycles. The lowest BCUT2D eigenvalue weighted by atomic mass is 10.0.